The van der Waals surface area contributed by atoms with E-state index in [0.717, 1.165) is 12.8 Å². The normalized spacial score (nSPS) is 17.3. The highest BCUT2D eigenvalue weighted by Crippen LogP contribution is 2.30. The smallest absolute Gasteiger partial charge is 0.0637 e. The van der Waals surface area contributed by atoms with Crippen LogP contribution in [0.25, 0.3) is 10.9 Å². The number of halogens is 1. The molecule has 18 heavy (non-hydrogen) atoms. The topological polar surface area (TPSA) is 28.1 Å². The van der Waals surface area contributed by atoms with Gasteiger partial charge in [-0.25, -0.2) is 0 Å². The molecule has 1 aromatic heterocycles. The van der Waals surface area contributed by atoms with Crippen molar-refractivity contribution in [1.82, 2.24) is 4.98 Å². The number of alkyl halides is 1. The average molecular weight is 261 g/mol. The lowest BCUT2D eigenvalue weighted by Gasteiger charge is -2.14. The van der Waals surface area contributed by atoms with Gasteiger partial charge in [0.25, 0.3) is 0 Å². The fourth-order valence-corrected chi connectivity index (χ4v) is 2.84. The highest BCUT2D eigenvalue weighted by Gasteiger charge is 2.20. The van der Waals surface area contributed by atoms with Gasteiger partial charge in [0.1, 0.15) is 0 Å². The van der Waals surface area contributed by atoms with Crippen molar-refractivity contribution in [2.24, 2.45) is 4.99 Å². The van der Waals surface area contributed by atoms with Crippen molar-refractivity contribution in [1.29, 1.82) is 0 Å². The number of H-pyrrole nitrogens is 1. The van der Waals surface area contributed by atoms with E-state index < -0.39 is 0 Å². The molecule has 0 spiro atoms. The van der Waals surface area contributed by atoms with Crippen molar-refractivity contribution in [2.75, 3.05) is 12.4 Å². The summed E-state index contributed by atoms with van der Waals surface area (Å²) >= 11 is 5.73. The third kappa shape index (κ3) is 1.95. The molecule has 0 saturated heterocycles. The maximum Gasteiger partial charge on any atom is 0.0637 e. The van der Waals surface area contributed by atoms with E-state index in [1.54, 1.807) is 0 Å². The third-order valence-electron chi connectivity index (χ3n) is 3.58. The molecule has 0 radical (unpaired) electrons. The quantitative estimate of drug-likeness (QED) is 0.795. The molecular formula is C15H17ClN2. The predicted molar refractivity (Wildman–Crippen MR) is 78.1 cm³/mol. The number of rotatable bonds is 2. The Labute approximate surface area is 112 Å². The summed E-state index contributed by atoms with van der Waals surface area (Å²) in [6.07, 6.45) is 3.41. The Kier molecular flexibility index (Phi) is 3.13. The summed E-state index contributed by atoms with van der Waals surface area (Å²) in [7, 11) is 0. The molecule has 1 aromatic carbocycles. The van der Waals surface area contributed by atoms with Crippen LogP contribution in [0.2, 0.25) is 0 Å². The van der Waals surface area contributed by atoms with E-state index in [0.29, 0.717) is 12.4 Å². The fraction of sp³-hybridized carbons (Fsp3) is 0.400. The Morgan fingerprint density at radius 1 is 1.33 bits per heavy atom. The van der Waals surface area contributed by atoms with Gasteiger partial charge in [-0.05, 0) is 43.9 Å². The van der Waals surface area contributed by atoms with Gasteiger partial charge in [0.05, 0.1) is 18.0 Å². The maximum absolute atomic E-state index is 5.73. The number of benzene rings is 1. The SMILES string of the molecule is Cc1ccc2[nH]c3c(c2c1)CCC/C3=N\CCCl. The number of aliphatic imine (C=N–C) groups is 1. The molecular weight excluding hydrogens is 244 g/mol. The van der Waals surface area contributed by atoms with Crippen LogP contribution in [0, 0.1) is 6.92 Å². The summed E-state index contributed by atoms with van der Waals surface area (Å²) in [6, 6.07) is 6.59. The summed E-state index contributed by atoms with van der Waals surface area (Å²) in [5.41, 5.74) is 6.42. The molecule has 0 fully saturated rings. The molecule has 0 unspecified atom stereocenters. The predicted octanol–water partition coefficient (Wildman–Crippen LogP) is 3.84. The number of aryl methyl sites for hydroxylation is 2. The number of aromatic nitrogens is 1. The van der Waals surface area contributed by atoms with Gasteiger partial charge >= 0.3 is 0 Å². The van der Waals surface area contributed by atoms with Gasteiger partial charge < -0.3 is 4.98 Å². The number of hydrogen-bond acceptors (Lipinski definition) is 1. The van der Waals surface area contributed by atoms with Crippen molar-refractivity contribution < 1.29 is 0 Å². The number of fused-ring (bicyclic) bond motifs is 3. The minimum Gasteiger partial charge on any atom is -0.353 e. The van der Waals surface area contributed by atoms with Crippen molar-refractivity contribution in [2.45, 2.75) is 26.2 Å². The van der Waals surface area contributed by atoms with Crippen LogP contribution in [0.5, 0.6) is 0 Å². The number of nitrogens with one attached hydrogen (secondary N) is 1. The van der Waals surface area contributed by atoms with E-state index in [2.05, 4.69) is 35.1 Å². The second-order valence-corrected chi connectivity index (χ2v) is 5.28. The van der Waals surface area contributed by atoms with Crippen LogP contribution in [-0.2, 0) is 6.42 Å². The molecule has 2 nitrogen and oxygen atoms in total. The molecule has 0 atom stereocenters. The Hall–Kier alpha value is -1.28. The van der Waals surface area contributed by atoms with Crippen LogP contribution >= 0.6 is 11.6 Å². The van der Waals surface area contributed by atoms with Gasteiger partial charge in [-0.15, -0.1) is 11.6 Å². The fourth-order valence-electron chi connectivity index (χ4n) is 2.76. The van der Waals surface area contributed by atoms with Crippen LogP contribution < -0.4 is 0 Å². The molecule has 0 amide bonds. The zero-order valence-corrected chi connectivity index (χ0v) is 11.3. The molecule has 94 valence electrons. The first-order valence-electron chi connectivity index (χ1n) is 6.50. The lowest BCUT2D eigenvalue weighted by atomic mass is 9.93. The molecule has 1 aliphatic carbocycles. The molecule has 3 heteroatoms. The second-order valence-electron chi connectivity index (χ2n) is 4.90. The lowest BCUT2D eigenvalue weighted by molar-refractivity contribution is 0.836. The van der Waals surface area contributed by atoms with Gasteiger partial charge in [-0.3, -0.25) is 4.99 Å². The molecule has 0 aliphatic heterocycles. The molecule has 1 heterocycles. The second kappa shape index (κ2) is 4.77. The zero-order valence-electron chi connectivity index (χ0n) is 10.6. The molecule has 0 saturated carbocycles. The van der Waals surface area contributed by atoms with Crippen molar-refractivity contribution >= 4 is 28.2 Å². The zero-order chi connectivity index (χ0) is 12.5. The van der Waals surface area contributed by atoms with Gasteiger partial charge in [-0.1, -0.05) is 11.6 Å². The monoisotopic (exact) mass is 260 g/mol. The van der Waals surface area contributed by atoms with Crippen molar-refractivity contribution in [3.05, 3.63) is 35.0 Å². The van der Waals surface area contributed by atoms with E-state index in [-0.39, 0.29) is 0 Å². The van der Waals surface area contributed by atoms with Crippen molar-refractivity contribution in [3.63, 3.8) is 0 Å². The molecule has 3 rings (SSSR count). The average Bonchev–Trinajstić information content (AvgIpc) is 2.75. The number of aromatic amines is 1. The third-order valence-corrected chi connectivity index (χ3v) is 3.75. The molecule has 1 N–H and O–H groups in total. The number of hydrogen-bond donors (Lipinski definition) is 1. The Morgan fingerprint density at radius 2 is 2.22 bits per heavy atom. The van der Waals surface area contributed by atoms with Gasteiger partial charge in [-0.2, -0.15) is 0 Å². The highest BCUT2D eigenvalue weighted by molar-refractivity contribution is 6.18. The molecule has 1 aliphatic rings. The first-order valence-corrected chi connectivity index (χ1v) is 7.04. The van der Waals surface area contributed by atoms with E-state index in [1.165, 1.54) is 39.9 Å². The standard InChI is InChI=1S/C15H17ClN2/c1-10-5-6-13-12(9-10)11-3-2-4-14(15(11)18-13)17-8-7-16/h5-6,9,18H,2-4,7-8H2,1H3/b17-14+. The van der Waals surface area contributed by atoms with E-state index >= 15 is 0 Å². The maximum atomic E-state index is 5.73. The van der Waals surface area contributed by atoms with Gasteiger partial charge in [0.2, 0.25) is 0 Å². The summed E-state index contributed by atoms with van der Waals surface area (Å²) in [6.45, 7) is 2.86. The Morgan fingerprint density at radius 3 is 3.06 bits per heavy atom. The summed E-state index contributed by atoms with van der Waals surface area (Å²) in [4.78, 5) is 8.14. The van der Waals surface area contributed by atoms with E-state index in [1.807, 2.05) is 0 Å². The first-order chi connectivity index (χ1) is 8.79. The minimum absolute atomic E-state index is 0.595. The van der Waals surface area contributed by atoms with Crippen molar-refractivity contribution in [3.8, 4) is 0 Å². The minimum atomic E-state index is 0.595. The van der Waals surface area contributed by atoms with Gasteiger partial charge in [0, 0.05) is 16.8 Å². The molecule has 0 bridgehead atoms. The number of nitrogens with zero attached hydrogens (tertiary/aromatic N) is 1. The Balaban J connectivity index is 2.15. The summed E-state index contributed by atoms with van der Waals surface area (Å²) in [5, 5.41) is 1.36. The Bertz CT molecular complexity index is 610. The summed E-state index contributed by atoms with van der Waals surface area (Å²) in [5.74, 6) is 0.595. The largest absolute Gasteiger partial charge is 0.353 e. The summed E-state index contributed by atoms with van der Waals surface area (Å²) < 4.78 is 0. The molecule has 2 aromatic rings. The lowest BCUT2D eigenvalue weighted by Crippen LogP contribution is -2.12. The first kappa shape index (κ1) is 11.8. The van der Waals surface area contributed by atoms with E-state index in [9.17, 15) is 0 Å². The van der Waals surface area contributed by atoms with Crippen LogP contribution in [0.15, 0.2) is 23.2 Å². The van der Waals surface area contributed by atoms with E-state index in [4.69, 9.17) is 11.6 Å². The van der Waals surface area contributed by atoms with Crippen LogP contribution in [0.1, 0.15) is 29.7 Å². The van der Waals surface area contributed by atoms with Gasteiger partial charge in [0.15, 0.2) is 0 Å². The van der Waals surface area contributed by atoms with Crippen LogP contribution in [0.3, 0.4) is 0 Å². The van der Waals surface area contributed by atoms with Crippen LogP contribution in [0.4, 0.5) is 0 Å². The highest BCUT2D eigenvalue weighted by atomic mass is 35.5. The van der Waals surface area contributed by atoms with Crippen LogP contribution in [-0.4, -0.2) is 23.1 Å².